The summed E-state index contributed by atoms with van der Waals surface area (Å²) in [5.74, 6) is -2.45. The fourth-order valence-electron chi connectivity index (χ4n) is 3.21. The second-order valence-corrected chi connectivity index (χ2v) is 6.82. The zero-order valence-corrected chi connectivity index (χ0v) is 15.1. The van der Waals surface area contributed by atoms with E-state index in [2.05, 4.69) is 15.3 Å². The quantitative estimate of drug-likeness (QED) is 0.722. The van der Waals surface area contributed by atoms with Gasteiger partial charge in [0.15, 0.2) is 5.69 Å². The van der Waals surface area contributed by atoms with Crippen molar-refractivity contribution in [2.75, 3.05) is 13.1 Å². The maximum absolute atomic E-state index is 13.9. The van der Waals surface area contributed by atoms with Gasteiger partial charge in [0.05, 0.1) is 29.6 Å². The first-order chi connectivity index (χ1) is 13.0. The third-order valence-corrected chi connectivity index (χ3v) is 4.98. The number of aromatic carboxylic acids is 1. The van der Waals surface area contributed by atoms with Gasteiger partial charge in [-0.1, -0.05) is 17.7 Å². The van der Waals surface area contributed by atoms with Crippen molar-refractivity contribution in [3.63, 3.8) is 0 Å². The van der Waals surface area contributed by atoms with Gasteiger partial charge < -0.3 is 20.1 Å². The van der Waals surface area contributed by atoms with E-state index in [4.69, 9.17) is 11.6 Å². The summed E-state index contributed by atoms with van der Waals surface area (Å²) < 4.78 is 13.9. The molecule has 0 aliphatic carbocycles. The minimum absolute atomic E-state index is 0.117. The van der Waals surface area contributed by atoms with Gasteiger partial charge in [0.1, 0.15) is 18.1 Å². The number of likely N-dealkylation sites (tertiary alicyclic amines) is 1. The Balaban J connectivity index is 1.57. The highest BCUT2D eigenvalue weighted by Gasteiger charge is 2.26. The smallest absolute Gasteiger partial charge is 0.272 e. The molecular weight excluding hydrogens is 375 g/mol. The predicted octanol–water partition coefficient (Wildman–Crippen LogP) is -0.390. The Morgan fingerprint density at radius 3 is 2.52 bits per heavy atom. The fraction of sp³-hybridized carbons (Fsp3) is 0.333. The number of carboxylic acids is 1. The van der Waals surface area contributed by atoms with Gasteiger partial charge in [0.2, 0.25) is 0 Å². The highest BCUT2D eigenvalue weighted by atomic mass is 35.5. The Morgan fingerprint density at radius 1 is 1.22 bits per heavy atom. The summed E-state index contributed by atoms with van der Waals surface area (Å²) in [7, 11) is 0. The predicted molar refractivity (Wildman–Crippen MR) is 92.7 cm³/mol. The summed E-state index contributed by atoms with van der Waals surface area (Å²) in [5.41, 5.74) is -0.243. The normalized spacial score (nSPS) is 19.5. The molecule has 3 rings (SSSR count). The van der Waals surface area contributed by atoms with E-state index in [9.17, 15) is 19.1 Å². The molecule has 7 nitrogen and oxygen atoms in total. The molecule has 9 heteroatoms. The minimum atomic E-state index is -1.55. The lowest BCUT2D eigenvalue weighted by Crippen LogP contribution is -3.12. The van der Waals surface area contributed by atoms with E-state index in [0.717, 1.165) is 13.1 Å². The number of carbonyl (C=O) groups is 2. The number of nitrogens with zero attached hydrogens (tertiary/aromatic N) is 2. The van der Waals surface area contributed by atoms with E-state index < -0.39 is 17.6 Å². The number of hydrogen-bond acceptors (Lipinski definition) is 5. The number of hydrogen-bond donors (Lipinski definition) is 2. The van der Waals surface area contributed by atoms with Crippen LogP contribution in [-0.2, 0) is 6.54 Å². The summed E-state index contributed by atoms with van der Waals surface area (Å²) in [4.78, 5) is 32.0. The molecule has 1 saturated heterocycles. The van der Waals surface area contributed by atoms with E-state index in [1.165, 1.54) is 23.4 Å². The standard InChI is InChI=1S/C18H18ClFN4O3/c19-13-2-1-3-14(20)12(13)10-24-8-4-11(5-9-24)23-17(25)15-16(18(26)27)22-7-6-21-15/h1-3,6-7,11H,4-5,8-10H2,(H,23,25)(H,26,27). The van der Waals surface area contributed by atoms with E-state index in [1.54, 1.807) is 12.1 Å². The van der Waals surface area contributed by atoms with Gasteiger partial charge in [-0.05, 0) is 12.1 Å². The minimum Gasteiger partial charge on any atom is -0.543 e. The van der Waals surface area contributed by atoms with Crippen LogP contribution in [0.5, 0.6) is 0 Å². The van der Waals surface area contributed by atoms with Crippen LogP contribution in [0.2, 0.25) is 5.02 Å². The highest BCUT2D eigenvalue weighted by molar-refractivity contribution is 6.31. The summed E-state index contributed by atoms with van der Waals surface area (Å²) in [6.07, 6.45) is 3.80. The van der Waals surface area contributed by atoms with Crippen LogP contribution >= 0.6 is 11.6 Å². The molecular formula is C18H18ClFN4O3. The average Bonchev–Trinajstić information content (AvgIpc) is 2.66. The molecule has 1 aliphatic heterocycles. The Morgan fingerprint density at radius 2 is 1.89 bits per heavy atom. The lowest BCUT2D eigenvalue weighted by atomic mass is 10.0. The fourth-order valence-corrected chi connectivity index (χ4v) is 3.44. The molecule has 0 atom stereocenters. The van der Waals surface area contributed by atoms with Crippen molar-refractivity contribution in [1.29, 1.82) is 0 Å². The van der Waals surface area contributed by atoms with E-state index in [-0.39, 0.29) is 17.6 Å². The summed E-state index contributed by atoms with van der Waals surface area (Å²) in [6.45, 7) is 1.93. The Labute approximate surface area is 160 Å². The number of quaternary nitrogens is 1. The van der Waals surface area contributed by atoms with Crippen LogP contribution in [-0.4, -0.2) is 41.0 Å². The van der Waals surface area contributed by atoms with Crippen LogP contribution in [0.3, 0.4) is 0 Å². The molecule has 2 heterocycles. The van der Waals surface area contributed by atoms with Gasteiger partial charge in [0.25, 0.3) is 5.91 Å². The zero-order valence-electron chi connectivity index (χ0n) is 14.4. The van der Waals surface area contributed by atoms with Crippen molar-refractivity contribution < 1.29 is 24.0 Å². The molecule has 0 saturated carbocycles. The first kappa shape index (κ1) is 19.2. The second kappa shape index (κ2) is 8.41. The van der Waals surface area contributed by atoms with Gasteiger partial charge >= 0.3 is 0 Å². The first-order valence-corrected chi connectivity index (χ1v) is 8.93. The topological polar surface area (TPSA) is 99.4 Å². The lowest BCUT2D eigenvalue weighted by molar-refractivity contribution is -0.919. The molecule has 1 amide bonds. The maximum atomic E-state index is 13.9. The van der Waals surface area contributed by atoms with Crippen LogP contribution in [0.25, 0.3) is 0 Å². The van der Waals surface area contributed by atoms with Crippen LogP contribution < -0.4 is 15.3 Å². The van der Waals surface area contributed by atoms with Crippen molar-refractivity contribution in [2.45, 2.75) is 25.4 Å². The summed E-state index contributed by atoms with van der Waals surface area (Å²) in [5, 5.41) is 14.3. The van der Waals surface area contributed by atoms with Crippen molar-refractivity contribution >= 4 is 23.5 Å². The Hall–Kier alpha value is -2.58. The lowest BCUT2D eigenvalue weighted by Gasteiger charge is -2.30. The molecule has 0 radical (unpaired) electrons. The highest BCUT2D eigenvalue weighted by Crippen LogP contribution is 2.18. The van der Waals surface area contributed by atoms with Crippen molar-refractivity contribution in [2.24, 2.45) is 0 Å². The van der Waals surface area contributed by atoms with Gasteiger partial charge in [-0.15, -0.1) is 0 Å². The number of carbonyl (C=O) groups excluding carboxylic acids is 2. The van der Waals surface area contributed by atoms with Gasteiger partial charge in [-0.3, -0.25) is 9.78 Å². The number of nitrogens with one attached hydrogen (secondary N) is 2. The summed E-state index contributed by atoms with van der Waals surface area (Å²) in [6, 6.07) is 4.52. The molecule has 142 valence electrons. The van der Waals surface area contributed by atoms with Crippen molar-refractivity contribution in [1.82, 2.24) is 15.3 Å². The van der Waals surface area contributed by atoms with E-state index in [0.29, 0.717) is 30.0 Å². The SMILES string of the molecule is O=C([O-])c1nccnc1C(=O)NC1CC[NH+](Cc2c(F)cccc2Cl)CC1. The molecule has 1 aromatic carbocycles. The third-order valence-electron chi connectivity index (χ3n) is 4.62. The van der Waals surface area contributed by atoms with E-state index >= 15 is 0 Å². The molecule has 1 fully saturated rings. The van der Waals surface area contributed by atoms with Crippen LogP contribution in [0.15, 0.2) is 30.6 Å². The molecule has 0 spiro atoms. The second-order valence-electron chi connectivity index (χ2n) is 6.42. The third kappa shape index (κ3) is 4.58. The van der Waals surface area contributed by atoms with Crippen LogP contribution in [0, 0.1) is 5.82 Å². The number of benzene rings is 1. The van der Waals surface area contributed by atoms with Gasteiger partial charge in [-0.25, -0.2) is 9.37 Å². The average molecular weight is 393 g/mol. The largest absolute Gasteiger partial charge is 0.543 e. The number of rotatable bonds is 5. The molecule has 27 heavy (non-hydrogen) atoms. The number of amides is 1. The number of halogens is 2. The zero-order chi connectivity index (χ0) is 19.4. The number of aromatic nitrogens is 2. The molecule has 2 N–H and O–H groups in total. The van der Waals surface area contributed by atoms with E-state index in [1.807, 2.05) is 0 Å². The molecule has 1 aliphatic rings. The number of piperidine rings is 1. The van der Waals surface area contributed by atoms with Crippen LogP contribution in [0.4, 0.5) is 4.39 Å². The van der Waals surface area contributed by atoms with Crippen molar-refractivity contribution in [3.8, 4) is 0 Å². The molecule has 2 aromatic rings. The summed E-state index contributed by atoms with van der Waals surface area (Å²) >= 11 is 6.08. The van der Waals surface area contributed by atoms with Crippen LogP contribution in [0.1, 0.15) is 39.4 Å². The van der Waals surface area contributed by atoms with Crippen molar-refractivity contribution in [3.05, 3.63) is 58.4 Å². The number of carboxylic acid groups (broad SMARTS) is 1. The van der Waals surface area contributed by atoms with Gasteiger partial charge in [0, 0.05) is 31.3 Å². The Kier molecular flexibility index (Phi) is 5.98. The first-order valence-electron chi connectivity index (χ1n) is 8.55. The monoisotopic (exact) mass is 392 g/mol. The molecule has 1 aromatic heterocycles. The molecule has 0 bridgehead atoms. The molecule has 0 unspecified atom stereocenters. The maximum Gasteiger partial charge on any atom is 0.272 e. The van der Waals surface area contributed by atoms with Gasteiger partial charge in [-0.2, -0.15) is 0 Å². The Bertz CT molecular complexity index is 836.